The van der Waals surface area contributed by atoms with Gasteiger partial charge in [0, 0.05) is 5.02 Å². The molecule has 2 aromatic rings. The van der Waals surface area contributed by atoms with Crippen molar-refractivity contribution in [3.63, 3.8) is 0 Å². The second-order valence-corrected chi connectivity index (χ2v) is 6.01. The first-order valence-corrected chi connectivity index (χ1v) is 7.88. The number of carbonyl (C=O) groups is 2. The van der Waals surface area contributed by atoms with Gasteiger partial charge in [0.15, 0.2) is 0 Å². The highest BCUT2D eigenvalue weighted by molar-refractivity contribution is 6.30. The van der Waals surface area contributed by atoms with Crippen LogP contribution >= 0.6 is 11.6 Å². The van der Waals surface area contributed by atoms with Gasteiger partial charge >= 0.3 is 6.03 Å². The van der Waals surface area contributed by atoms with Crippen LogP contribution in [0.15, 0.2) is 54.6 Å². The number of imide groups is 1. The molecule has 0 spiro atoms. The maximum absolute atomic E-state index is 13.0. The van der Waals surface area contributed by atoms with E-state index in [1.54, 1.807) is 12.1 Å². The summed E-state index contributed by atoms with van der Waals surface area (Å²) in [4.78, 5) is 26.6. The average Bonchev–Trinajstić information content (AvgIpc) is 2.83. The molecule has 3 rings (SSSR count). The zero-order chi connectivity index (χ0) is 16.4. The van der Waals surface area contributed by atoms with Gasteiger partial charge in [-0.25, -0.2) is 4.79 Å². The van der Waals surface area contributed by atoms with Gasteiger partial charge in [-0.2, -0.15) is 0 Å². The summed E-state index contributed by atoms with van der Waals surface area (Å²) in [5.74, 6) is -0.217. The van der Waals surface area contributed by atoms with E-state index in [2.05, 4.69) is 5.32 Å². The van der Waals surface area contributed by atoms with Crippen LogP contribution in [0.5, 0.6) is 0 Å². The van der Waals surface area contributed by atoms with Crippen LogP contribution < -0.4 is 5.32 Å². The lowest BCUT2D eigenvalue weighted by atomic mass is 9.87. The highest BCUT2D eigenvalue weighted by Gasteiger charge is 2.50. The van der Waals surface area contributed by atoms with Gasteiger partial charge in [-0.05, 0) is 29.7 Å². The van der Waals surface area contributed by atoms with Gasteiger partial charge in [0.1, 0.15) is 5.54 Å². The summed E-state index contributed by atoms with van der Waals surface area (Å²) in [6.07, 6.45) is 0.499. The van der Waals surface area contributed by atoms with Crippen LogP contribution in [0.1, 0.15) is 24.5 Å². The number of hydrogen-bond donors (Lipinski definition) is 1. The molecule has 3 amide bonds. The Kier molecular flexibility index (Phi) is 4.09. The van der Waals surface area contributed by atoms with E-state index in [0.717, 1.165) is 11.1 Å². The Morgan fingerprint density at radius 1 is 1.04 bits per heavy atom. The Hall–Kier alpha value is -2.33. The number of nitrogens with zero attached hydrogens (tertiary/aromatic N) is 1. The second kappa shape index (κ2) is 6.05. The molecule has 1 atom stereocenters. The summed E-state index contributed by atoms with van der Waals surface area (Å²) in [5, 5.41) is 3.50. The van der Waals surface area contributed by atoms with Crippen LogP contribution in [0, 0.1) is 0 Å². The van der Waals surface area contributed by atoms with E-state index in [-0.39, 0.29) is 18.5 Å². The Bertz CT molecular complexity index is 730. The molecule has 1 heterocycles. The van der Waals surface area contributed by atoms with Crippen molar-refractivity contribution in [2.24, 2.45) is 0 Å². The number of benzene rings is 2. The number of amides is 3. The smallest absolute Gasteiger partial charge is 0.319 e. The van der Waals surface area contributed by atoms with Crippen molar-refractivity contribution in [2.45, 2.75) is 25.4 Å². The molecule has 1 aliphatic rings. The predicted octanol–water partition coefficient (Wildman–Crippen LogP) is 3.70. The third kappa shape index (κ3) is 2.70. The number of nitrogens with one attached hydrogen (secondary N) is 1. The SMILES string of the molecule is CC[C@]1(c2ccccc2)NC(=O)N(Cc2ccc(Cl)cc2)C1=O. The van der Waals surface area contributed by atoms with Gasteiger partial charge in [0.25, 0.3) is 5.91 Å². The van der Waals surface area contributed by atoms with Crippen molar-refractivity contribution in [2.75, 3.05) is 0 Å². The number of hydrogen-bond acceptors (Lipinski definition) is 2. The van der Waals surface area contributed by atoms with Crippen molar-refractivity contribution in [1.29, 1.82) is 0 Å². The zero-order valence-electron chi connectivity index (χ0n) is 12.8. The lowest BCUT2D eigenvalue weighted by Gasteiger charge is -2.25. The Morgan fingerprint density at radius 3 is 2.30 bits per heavy atom. The first-order valence-electron chi connectivity index (χ1n) is 7.51. The molecular formula is C18H17ClN2O2. The topological polar surface area (TPSA) is 49.4 Å². The van der Waals surface area contributed by atoms with Crippen molar-refractivity contribution in [3.8, 4) is 0 Å². The zero-order valence-corrected chi connectivity index (χ0v) is 13.5. The van der Waals surface area contributed by atoms with Gasteiger partial charge in [0.05, 0.1) is 6.54 Å². The highest BCUT2D eigenvalue weighted by Crippen LogP contribution is 2.33. The largest absolute Gasteiger partial charge is 0.325 e. The summed E-state index contributed by atoms with van der Waals surface area (Å²) in [6, 6.07) is 16.1. The third-order valence-electron chi connectivity index (χ3n) is 4.23. The van der Waals surface area contributed by atoms with E-state index in [9.17, 15) is 9.59 Å². The Labute approximate surface area is 140 Å². The lowest BCUT2D eigenvalue weighted by molar-refractivity contribution is -0.132. The molecule has 1 saturated heterocycles. The molecule has 0 bridgehead atoms. The minimum absolute atomic E-state index is 0.217. The van der Waals surface area contributed by atoms with Crippen molar-refractivity contribution < 1.29 is 9.59 Å². The fourth-order valence-electron chi connectivity index (χ4n) is 2.90. The van der Waals surface area contributed by atoms with Crippen molar-refractivity contribution in [3.05, 3.63) is 70.7 Å². The number of rotatable bonds is 4. The monoisotopic (exact) mass is 328 g/mol. The minimum Gasteiger partial charge on any atom is -0.319 e. The second-order valence-electron chi connectivity index (χ2n) is 5.57. The minimum atomic E-state index is -0.981. The van der Waals surface area contributed by atoms with E-state index < -0.39 is 5.54 Å². The fraction of sp³-hybridized carbons (Fsp3) is 0.222. The summed E-state index contributed by atoms with van der Waals surface area (Å²) in [5.41, 5.74) is 0.683. The molecule has 0 saturated carbocycles. The number of carbonyl (C=O) groups excluding carboxylic acids is 2. The first kappa shape index (κ1) is 15.6. The molecule has 5 heteroatoms. The van der Waals surface area contributed by atoms with Crippen LogP contribution in [0.25, 0.3) is 0 Å². The molecule has 1 fully saturated rings. The molecule has 0 radical (unpaired) electrons. The maximum atomic E-state index is 13.0. The molecule has 0 aromatic heterocycles. The van der Waals surface area contributed by atoms with E-state index in [1.807, 2.05) is 49.4 Å². The number of urea groups is 1. The Balaban J connectivity index is 1.91. The molecule has 118 valence electrons. The molecule has 0 aliphatic carbocycles. The molecular weight excluding hydrogens is 312 g/mol. The van der Waals surface area contributed by atoms with E-state index in [1.165, 1.54) is 4.90 Å². The van der Waals surface area contributed by atoms with Gasteiger partial charge < -0.3 is 5.32 Å². The van der Waals surface area contributed by atoms with Gasteiger partial charge in [0.2, 0.25) is 0 Å². The Morgan fingerprint density at radius 2 is 1.70 bits per heavy atom. The van der Waals surface area contributed by atoms with Crippen LogP contribution in [-0.2, 0) is 16.9 Å². The molecule has 4 nitrogen and oxygen atoms in total. The molecule has 2 aromatic carbocycles. The normalized spacial score (nSPS) is 20.7. The van der Waals surface area contributed by atoms with E-state index in [0.29, 0.717) is 11.4 Å². The van der Waals surface area contributed by atoms with Crippen LogP contribution in [0.2, 0.25) is 5.02 Å². The van der Waals surface area contributed by atoms with Crippen LogP contribution in [0.3, 0.4) is 0 Å². The van der Waals surface area contributed by atoms with Crippen LogP contribution in [-0.4, -0.2) is 16.8 Å². The fourth-order valence-corrected chi connectivity index (χ4v) is 3.03. The molecule has 0 unspecified atom stereocenters. The molecule has 1 aliphatic heterocycles. The summed E-state index contributed by atoms with van der Waals surface area (Å²) in [7, 11) is 0. The highest BCUT2D eigenvalue weighted by atomic mass is 35.5. The lowest BCUT2D eigenvalue weighted by Crippen LogP contribution is -2.43. The van der Waals surface area contributed by atoms with Gasteiger partial charge in [-0.3, -0.25) is 9.69 Å². The predicted molar refractivity (Wildman–Crippen MR) is 88.9 cm³/mol. The van der Waals surface area contributed by atoms with Gasteiger partial charge in [-0.1, -0.05) is 61.0 Å². The van der Waals surface area contributed by atoms with E-state index in [4.69, 9.17) is 11.6 Å². The summed E-state index contributed by atoms with van der Waals surface area (Å²) in [6.45, 7) is 2.13. The van der Waals surface area contributed by atoms with E-state index >= 15 is 0 Å². The maximum Gasteiger partial charge on any atom is 0.325 e. The molecule has 1 N–H and O–H groups in total. The van der Waals surface area contributed by atoms with Crippen LogP contribution in [0.4, 0.5) is 4.79 Å². The standard InChI is InChI=1S/C18H17ClN2O2/c1-2-18(14-6-4-3-5-7-14)16(22)21(17(23)20-18)12-13-8-10-15(19)11-9-13/h3-11H,2,12H2,1H3,(H,20,23)/t18-/m1/s1. The van der Waals surface area contributed by atoms with Crippen molar-refractivity contribution in [1.82, 2.24) is 10.2 Å². The summed E-state index contributed by atoms with van der Waals surface area (Å²) >= 11 is 5.87. The quantitative estimate of drug-likeness (QED) is 0.870. The van der Waals surface area contributed by atoms with Gasteiger partial charge in [-0.15, -0.1) is 0 Å². The first-order chi connectivity index (χ1) is 11.1. The third-order valence-corrected chi connectivity index (χ3v) is 4.48. The van der Waals surface area contributed by atoms with Crippen molar-refractivity contribution >= 4 is 23.5 Å². The molecule has 23 heavy (non-hydrogen) atoms. The number of halogens is 1. The summed E-state index contributed by atoms with van der Waals surface area (Å²) < 4.78 is 0. The average molecular weight is 329 g/mol.